The van der Waals surface area contributed by atoms with Crippen LogP contribution in [0.2, 0.25) is 0 Å². The van der Waals surface area contributed by atoms with E-state index < -0.39 is 6.02 Å². The van der Waals surface area contributed by atoms with Gasteiger partial charge in [0.1, 0.15) is 6.61 Å². The van der Waals surface area contributed by atoms with Gasteiger partial charge in [-0.05, 0) is 38.8 Å². The number of carbonyl (C=O) groups excluding carboxylic acids is 3. The number of nitrogens with zero attached hydrogens (tertiary/aromatic N) is 1. The van der Waals surface area contributed by atoms with E-state index in [2.05, 4.69) is 10.6 Å². The van der Waals surface area contributed by atoms with Crippen molar-refractivity contribution in [2.24, 2.45) is 0 Å². The first-order valence-corrected chi connectivity index (χ1v) is 9.78. The predicted molar refractivity (Wildman–Crippen MR) is 106 cm³/mol. The molecule has 154 valence electrons. The summed E-state index contributed by atoms with van der Waals surface area (Å²) in [5.41, 5.74) is 0.912. The Kier molecular flexibility index (Phi) is 8.30. The van der Waals surface area contributed by atoms with Gasteiger partial charge in [-0.3, -0.25) is 19.3 Å². The summed E-state index contributed by atoms with van der Waals surface area (Å²) in [6.45, 7) is 4.92. The van der Waals surface area contributed by atoms with E-state index >= 15 is 0 Å². The number of benzene rings is 1. The monoisotopic (exact) mass is 390 g/mol. The van der Waals surface area contributed by atoms with Crippen LogP contribution in [0.4, 0.5) is 0 Å². The minimum absolute atomic E-state index is 0.0978. The molecule has 1 saturated heterocycles. The van der Waals surface area contributed by atoms with Crippen molar-refractivity contribution >= 4 is 17.8 Å². The first-order chi connectivity index (χ1) is 13.8. The molecule has 0 bridgehead atoms. The SMILES string of the molecule is [2H]C(C)(C)N1CCCC1C(=O)NCCC(=O)NCCC(=O)OCc1ccccc1. The number of nitrogens with one attached hydrogen (secondary N) is 2. The Hall–Kier alpha value is -2.41. The molecule has 28 heavy (non-hydrogen) atoms. The number of hydrogen-bond acceptors (Lipinski definition) is 5. The third-order valence-corrected chi connectivity index (χ3v) is 4.68. The van der Waals surface area contributed by atoms with Gasteiger partial charge in [0.05, 0.1) is 12.5 Å². The Labute approximate surface area is 168 Å². The number of esters is 1. The number of likely N-dealkylation sites (tertiary alicyclic amines) is 1. The normalized spacial score (nSPS) is 17.6. The lowest BCUT2D eigenvalue weighted by Gasteiger charge is -2.27. The van der Waals surface area contributed by atoms with Crippen LogP contribution in [0, 0.1) is 0 Å². The fourth-order valence-electron chi connectivity index (χ4n) is 3.19. The van der Waals surface area contributed by atoms with Crippen LogP contribution in [-0.4, -0.2) is 54.4 Å². The lowest BCUT2D eigenvalue weighted by Crippen LogP contribution is -2.46. The van der Waals surface area contributed by atoms with Crippen LogP contribution in [-0.2, 0) is 25.7 Å². The average Bonchev–Trinajstić information content (AvgIpc) is 3.18. The Morgan fingerprint density at radius 3 is 2.61 bits per heavy atom. The van der Waals surface area contributed by atoms with Gasteiger partial charge < -0.3 is 15.4 Å². The van der Waals surface area contributed by atoms with Gasteiger partial charge in [-0.1, -0.05) is 30.3 Å². The zero-order valence-corrected chi connectivity index (χ0v) is 16.7. The standard InChI is InChI=1S/C21H31N3O4/c1-16(2)24-14-6-9-18(24)21(27)23-12-10-19(25)22-13-11-20(26)28-15-17-7-4-3-5-8-17/h3-5,7-8,16,18H,6,9-15H2,1-2H3,(H,22,25)(H,23,27)/i16D. The maximum Gasteiger partial charge on any atom is 0.307 e. The second-order valence-corrected chi connectivity index (χ2v) is 7.09. The molecule has 7 heteroatoms. The second kappa shape index (κ2) is 11.4. The van der Waals surface area contributed by atoms with Crippen molar-refractivity contribution in [2.45, 2.75) is 58.2 Å². The van der Waals surface area contributed by atoms with Gasteiger partial charge in [0, 0.05) is 26.9 Å². The summed E-state index contributed by atoms with van der Waals surface area (Å²) in [4.78, 5) is 37.8. The van der Waals surface area contributed by atoms with Gasteiger partial charge in [-0.15, -0.1) is 0 Å². The molecule has 1 fully saturated rings. The molecular weight excluding hydrogens is 358 g/mol. The van der Waals surface area contributed by atoms with Crippen LogP contribution in [0.15, 0.2) is 30.3 Å². The molecule has 1 aliphatic heterocycles. The molecule has 0 aliphatic carbocycles. The quantitative estimate of drug-likeness (QED) is 0.593. The fraction of sp³-hybridized carbons (Fsp3) is 0.571. The Morgan fingerprint density at radius 2 is 1.89 bits per heavy atom. The predicted octanol–water partition coefficient (Wildman–Crippen LogP) is 1.62. The van der Waals surface area contributed by atoms with Crippen LogP contribution < -0.4 is 10.6 Å². The minimum atomic E-state index is -0.801. The number of ether oxygens (including phenoxy) is 1. The summed E-state index contributed by atoms with van der Waals surface area (Å²) >= 11 is 0. The zero-order chi connectivity index (χ0) is 21.3. The van der Waals surface area contributed by atoms with Gasteiger partial charge in [0.25, 0.3) is 0 Å². The minimum Gasteiger partial charge on any atom is -0.461 e. The Bertz CT molecular complexity index is 691. The van der Waals surface area contributed by atoms with Crippen molar-refractivity contribution in [3.63, 3.8) is 0 Å². The molecule has 0 spiro atoms. The van der Waals surface area contributed by atoms with Crippen molar-refractivity contribution in [3.8, 4) is 0 Å². The lowest BCUT2D eigenvalue weighted by molar-refractivity contribution is -0.144. The highest BCUT2D eigenvalue weighted by Crippen LogP contribution is 2.19. The first-order valence-electron chi connectivity index (χ1n) is 10.3. The molecule has 2 N–H and O–H groups in total. The molecular formula is C21H31N3O4. The molecule has 7 nitrogen and oxygen atoms in total. The number of carbonyl (C=O) groups is 3. The zero-order valence-electron chi connectivity index (χ0n) is 17.7. The van der Waals surface area contributed by atoms with Crippen molar-refractivity contribution in [2.75, 3.05) is 19.6 Å². The summed E-state index contributed by atoms with van der Waals surface area (Å²) in [5, 5.41) is 5.44. The molecule has 1 aromatic rings. The van der Waals surface area contributed by atoms with Crippen LogP contribution >= 0.6 is 0 Å². The third-order valence-electron chi connectivity index (χ3n) is 4.68. The van der Waals surface area contributed by atoms with Gasteiger partial charge in [-0.2, -0.15) is 0 Å². The number of hydrogen-bond donors (Lipinski definition) is 2. The largest absolute Gasteiger partial charge is 0.461 e. The van der Waals surface area contributed by atoms with E-state index in [1.165, 1.54) is 0 Å². The van der Waals surface area contributed by atoms with Crippen molar-refractivity contribution in [3.05, 3.63) is 35.9 Å². The summed E-state index contributed by atoms with van der Waals surface area (Å²) in [6, 6.07) is 8.28. The summed E-state index contributed by atoms with van der Waals surface area (Å²) in [7, 11) is 0. The summed E-state index contributed by atoms with van der Waals surface area (Å²) in [5.74, 6) is -0.743. The number of rotatable bonds is 10. The summed E-state index contributed by atoms with van der Waals surface area (Å²) < 4.78 is 13.3. The maximum atomic E-state index is 12.3. The number of amides is 2. The highest BCUT2D eigenvalue weighted by molar-refractivity contribution is 5.83. The molecule has 1 heterocycles. The molecule has 0 radical (unpaired) electrons. The van der Waals surface area contributed by atoms with Crippen molar-refractivity contribution in [1.82, 2.24) is 15.5 Å². The van der Waals surface area contributed by atoms with Crippen LogP contribution in [0.3, 0.4) is 0 Å². The van der Waals surface area contributed by atoms with Crippen LogP contribution in [0.1, 0.15) is 46.5 Å². The van der Waals surface area contributed by atoms with Crippen molar-refractivity contribution in [1.29, 1.82) is 0 Å². The summed E-state index contributed by atoms with van der Waals surface area (Å²) in [6.07, 6.45) is 1.86. The topological polar surface area (TPSA) is 87.7 Å². The molecule has 2 amide bonds. The van der Waals surface area contributed by atoms with Gasteiger partial charge in [0.2, 0.25) is 11.8 Å². The Balaban J connectivity index is 1.57. The van der Waals surface area contributed by atoms with Gasteiger partial charge >= 0.3 is 5.97 Å². The fourth-order valence-corrected chi connectivity index (χ4v) is 3.19. The molecule has 0 saturated carbocycles. The smallest absolute Gasteiger partial charge is 0.307 e. The lowest BCUT2D eigenvalue weighted by atomic mass is 10.2. The van der Waals surface area contributed by atoms with Gasteiger partial charge in [-0.25, -0.2) is 0 Å². The van der Waals surface area contributed by atoms with E-state index in [4.69, 9.17) is 6.11 Å². The first kappa shape index (κ1) is 20.3. The third kappa shape index (κ3) is 7.31. The van der Waals surface area contributed by atoms with E-state index in [1.54, 1.807) is 13.8 Å². The molecule has 1 aromatic carbocycles. The highest BCUT2D eigenvalue weighted by Gasteiger charge is 2.31. The van der Waals surface area contributed by atoms with Crippen LogP contribution in [0.25, 0.3) is 0 Å². The highest BCUT2D eigenvalue weighted by atomic mass is 16.5. The van der Waals surface area contributed by atoms with E-state index in [9.17, 15) is 14.4 Å². The van der Waals surface area contributed by atoms with Gasteiger partial charge in [0.15, 0.2) is 0 Å². The van der Waals surface area contributed by atoms with Crippen molar-refractivity contribution < 1.29 is 20.5 Å². The molecule has 1 aliphatic rings. The van der Waals surface area contributed by atoms with E-state index in [1.807, 2.05) is 35.2 Å². The average molecular weight is 391 g/mol. The van der Waals surface area contributed by atoms with E-state index in [-0.39, 0.29) is 56.4 Å². The maximum absolute atomic E-state index is 12.3. The molecule has 0 aromatic heterocycles. The molecule has 1 atom stereocenters. The van der Waals surface area contributed by atoms with E-state index in [0.29, 0.717) is 0 Å². The Morgan fingerprint density at radius 1 is 1.18 bits per heavy atom. The second-order valence-electron chi connectivity index (χ2n) is 7.09. The van der Waals surface area contributed by atoms with E-state index in [0.717, 1.165) is 24.9 Å². The van der Waals surface area contributed by atoms with Crippen LogP contribution in [0.5, 0.6) is 0 Å². The molecule has 1 unspecified atom stereocenters. The molecule has 2 rings (SSSR count).